The lowest BCUT2D eigenvalue weighted by Crippen LogP contribution is -2.29. The maximum absolute atomic E-state index is 4.28. The zero-order valence-corrected chi connectivity index (χ0v) is 9.74. The maximum Gasteiger partial charge on any atom is 0.0343 e. The van der Waals surface area contributed by atoms with Gasteiger partial charge in [0.05, 0.1) is 0 Å². The minimum atomic E-state index is 0.709. The highest BCUT2D eigenvalue weighted by Gasteiger charge is 2.29. The van der Waals surface area contributed by atoms with E-state index in [-0.39, 0.29) is 0 Å². The summed E-state index contributed by atoms with van der Waals surface area (Å²) in [6, 6.07) is 2.95. The Morgan fingerprint density at radius 1 is 1.38 bits per heavy atom. The fourth-order valence-corrected chi connectivity index (χ4v) is 2.92. The lowest BCUT2D eigenvalue weighted by Gasteiger charge is -2.25. The number of nitrogens with one attached hydrogen (secondary N) is 1. The quantitative estimate of drug-likeness (QED) is 0.777. The second kappa shape index (κ2) is 4.02. The fraction of sp³-hybridized carbons (Fsp3) is 0.500. The molecule has 2 aliphatic rings. The van der Waals surface area contributed by atoms with Crippen LogP contribution in [0.25, 0.3) is 5.57 Å². The Morgan fingerprint density at radius 2 is 2.31 bits per heavy atom. The maximum atomic E-state index is 4.28. The molecule has 1 saturated heterocycles. The molecule has 2 atom stereocenters. The first kappa shape index (κ1) is 10.0. The molecular weight excluding hydrogens is 196 g/mol. The van der Waals surface area contributed by atoms with E-state index in [1.165, 1.54) is 42.5 Å². The summed E-state index contributed by atoms with van der Waals surface area (Å²) in [4.78, 5) is 4.28. The molecule has 2 heterocycles. The third-order valence-electron chi connectivity index (χ3n) is 3.84. The molecule has 1 fully saturated rings. The Hall–Kier alpha value is -1.15. The van der Waals surface area contributed by atoms with Crippen molar-refractivity contribution in [2.24, 2.45) is 5.92 Å². The topological polar surface area (TPSA) is 24.9 Å². The van der Waals surface area contributed by atoms with Crippen molar-refractivity contribution >= 4 is 5.57 Å². The largest absolute Gasteiger partial charge is 0.313 e. The predicted molar refractivity (Wildman–Crippen MR) is 66.1 cm³/mol. The van der Waals surface area contributed by atoms with Crippen LogP contribution >= 0.6 is 0 Å². The summed E-state index contributed by atoms with van der Waals surface area (Å²) in [5.74, 6) is 0.876. The standard InChI is InChI=1S/C14H18N2/c1-10-6-13(9-15-8-10)12-3-2-11-4-5-16-14(11)7-12/h3,6,8-9,11,14,16H,2,4-5,7H2,1H3. The number of hydrogen-bond donors (Lipinski definition) is 1. The molecule has 0 bridgehead atoms. The van der Waals surface area contributed by atoms with Crippen molar-refractivity contribution in [3.8, 4) is 0 Å². The minimum absolute atomic E-state index is 0.709. The summed E-state index contributed by atoms with van der Waals surface area (Å²) in [6.07, 6.45) is 10.1. The molecule has 0 spiro atoms. The first-order valence-electron chi connectivity index (χ1n) is 6.17. The number of aryl methyl sites for hydroxylation is 1. The van der Waals surface area contributed by atoms with Crippen LogP contribution in [0.3, 0.4) is 0 Å². The van der Waals surface area contributed by atoms with E-state index in [1.807, 2.05) is 12.4 Å². The second-order valence-corrected chi connectivity index (χ2v) is 5.03. The first-order chi connectivity index (χ1) is 7.83. The van der Waals surface area contributed by atoms with Gasteiger partial charge in [-0.15, -0.1) is 0 Å². The van der Waals surface area contributed by atoms with Crippen molar-refractivity contribution in [3.05, 3.63) is 35.7 Å². The lowest BCUT2D eigenvalue weighted by molar-refractivity contribution is 0.445. The van der Waals surface area contributed by atoms with Gasteiger partial charge in [-0.3, -0.25) is 4.98 Å². The number of pyridine rings is 1. The molecule has 2 unspecified atom stereocenters. The highest BCUT2D eigenvalue weighted by Crippen LogP contribution is 2.34. The number of hydrogen-bond acceptors (Lipinski definition) is 2. The van der Waals surface area contributed by atoms with Crippen LogP contribution in [0.15, 0.2) is 24.5 Å². The number of nitrogens with zero attached hydrogens (tertiary/aromatic N) is 1. The Morgan fingerprint density at radius 3 is 3.19 bits per heavy atom. The van der Waals surface area contributed by atoms with E-state index >= 15 is 0 Å². The summed E-state index contributed by atoms with van der Waals surface area (Å²) < 4.78 is 0. The van der Waals surface area contributed by atoms with Crippen molar-refractivity contribution in [2.75, 3.05) is 6.54 Å². The average molecular weight is 214 g/mol. The van der Waals surface area contributed by atoms with Crippen LogP contribution in [0.4, 0.5) is 0 Å². The van der Waals surface area contributed by atoms with Gasteiger partial charge in [0.2, 0.25) is 0 Å². The summed E-state index contributed by atoms with van der Waals surface area (Å²) in [7, 11) is 0. The van der Waals surface area contributed by atoms with Gasteiger partial charge >= 0.3 is 0 Å². The molecule has 1 N–H and O–H groups in total. The van der Waals surface area contributed by atoms with E-state index in [1.54, 1.807) is 0 Å². The van der Waals surface area contributed by atoms with E-state index in [0.29, 0.717) is 6.04 Å². The smallest absolute Gasteiger partial charge is 0.0343 e. The average Bonchev–Trinajstić information content (AvgIpc) is 2.75. The van der Waals surface area contributed by atoms with E-state index < -0.39 is 0 Å². The van der Waals surface area contributed by atoms with Gasteiger partial charge in [0.1, 0.15) is 0 Å². The third-order valence-corrected chi connectivity index (χ3v) is 3.84. The van der Waals surface area contributed by atoms with Crippen LogP contribution in [-0.2, 0) is 0 Å². The Kier molecular flexibility index (Phi) is 2.52. The fourth-order valence-electron chi connectivity index (χ4n) is 2.92. The number of fused-ring (bicyclic) bond motifs is 1. The van der Waals surface area contributed by atoms with Crippen molar-refractivity contribution in [3.63, 3.8) is 0 Å². The summed E-state index contributed by atoms with van der Waals surface area (Å²) in [6.45, 7) is 3.30. The Balaban J connectivity index is 1.85. The van der Waals surface area contributed by atoms with Crippen LogP contribution in [-0.4, -0.2) is 17.6 Å². The van der Waals surface area contributed by atoms with Crippen LogP contribution in [0, 0.1) is 12.8 Å². The Bertz CT molecular complexity index is 422. The molecule has 0 aromatic carbocycles. The molecule has 16 heavy (non-hydrogen) atoms. The molecule has 1 aliphatic heterocycles. The van der Waals surface area contributed by atoms with Gasteiger partial charge in [-0.25, -0.2) is 0 Å². The summed E-state index contributed by atoms with van der Waals surface area (Å²) in [5, 5.41) is 3.61. The number of rotatable bonds is 1. The van der Waals surface area contributed by atoms with E-state index in [4.69, 9.17) is 0 Å². The molecule has 3 rings (SSSR count). The minimum Gasteiger partial charge on any atom is -0.313 e. The molecular formula is C14H18N2. The van der Waals surface area contributed by atoms with Crippen molar-refractivity contribution in [1.82, 2.24) is 10.3 Å². The third kappa shape index (κ3) is 1.78. The van der Waals surface area contributed by atoms with E-state index in [2.05, 4.69) is 29.4 Å². The lowest BCUT2D eigenvalue weighted by atomic mass is 9.83. The first-order valence-corrected chi connectivity index (χ1v) is 6.17. The molecule has 84 valence electrons. The van der Waals surface area contributed by atoms with Gasteiger partial charge in [0.15, 0.2) is 0 Å². The summed E-state index contributed by atoms with van der Waals surface area (Å²) in [5.41, 5.74) is 4.04. The highest BCUT2D eigenvalue weighted by atomic mass is 15.0. The van der Waals surface area contributed by atoms with Gasteiger partial charge in [0.25, 0.3) is 0 Å². The molecule has 1 aromatic heterocycles. The second-order valence-electron chi connectivity index (χ2n) is 5.03. The molecule has 1 aromatic rings. The van der Waals surface area contributed by atoms with Crippen molar-refractivity contribution in [1.29, 1.82) is 0 Å². The SMILES string of the molecule is Cc1cncc(C2=CCC3CCNC3C2)c1. The van der Waals surface area contributed by atoms with Crippen LogP contribution in [0.2, 0.25) is 0 Å². The van der Waals surface area contributed by atoms with Crippen molar-refractivity contribution < 1.29 is 0 Å². The van der Waals surface area contributed by atoms with Gasteiger partial charge in [-0.05, 0) is 61.4 Å². The van der Waals surface area contributed by atoms with Crippen LogP contribution < -0.4 is 5.32 Å². The predicted octanol–water partition coefficient (Wildman–Crippen LogP) is 2.55. The molecule has 2 heteroatoms. The van der Waals surface area contributed by atoms with Gasteiger partial charge in [-0.2, -0.15) is 0 Å². The normalized spacial score (nSPS) is 28.7. The zero-order valence-electron chi connectivity index (χ0n) is 9.74. The zero-order chi connectivity index (χ0) is 11.0. The molecule has 0 radical (unpaired) electrons. The van der Waals surface area contributed by atoms with Gasteiger partial charge in [-0.1, -0.05) is 6.08 Å². The monoisotopic (exact) mass is 214 g/mol. The highest BCUT2D eigenvalue weighted by molar-refractivity contribution is 5.66. The van der Waals surface area contributed by atoms with Crippen molar-refractivity contribution in [2.45, 2.75) is 32.2 Å². The van der Waals surface area contributed by atoms with E-state index in [0.717, 1.165) is 5.92 Å². The van der Waals surface area contributed by atoms with E-state index in [9.17, 15) is 0 Å². The van der Waals surface area contributed by atoms with Gasteiger partial charge in [0, 0.05) is 18.4 Å². The Labute approximate surface area is 96.8 Å². The van der Waals surface area contributed by atoms with Crippen LogP contribution in [0.1, 0.15) is 30.4 Å². The van der Waals surface area contributed by atoms with Gasteiger partial charge < -0.3 is 5.32 Å². The molecule has 0 amide bonds. The summed E-state index contributed by atoms with van der Waals surface area (Å²) >= 11 is 0. The number of allylic oxidation sites excluding steroid dienone is 1. The molecule has 2 nitrogen and oxygen atoms in total. The number of aromatic nitrogens is 1. The van der Waals surface area contributed by atoms with Crippen LogP contribution in [0.5, 0.6) is 0 Å². The molecule has 1 aliphatic carbocycles. The molecule has 0 saturated carbocycles.